The van der Waals surface area contributed by atoms with Gasteiger partial charge in [0.05, 0.1) is 0 Å². The molecule has 0 aromatic heterocycles. The van der Waals surface area contributed by atoms with Crippen molar-refractivity contribution in [1.82, 2.24) is 0 Å². The van der Waals surface area contributed by atoms with Gasteiger partial charge in [0.2, 0.25) is 0 Å². The van der Waals surface area contributed by atoms with Gasteiger partial charge in [-0.15, -0.1) is 0 Å². The monoisotopic (exact) mass is 558 g/mol. The number of benzene rings is 2. The average molecular weight is 560 g/mol. The van der Waals surface area contributed by atoms with E-state index in [9.17, 15) is 0 Å². The van der Waals surface area contributed by atoms with Crippen LogP contribution in [-0.4, -0.2) is 0 Å². The highest BCUT2D eigenvalue weighted by Crippen LogP contribution is 2.61. The van der Waals surface area contributed by atoms with Gasteiger partial charge in [-0.3, -0.25) is 0 Å². The largest absolute Gasteiger partial charge is 0.0876 e. The Hall–Kier alpha value is -0.600. The molecule has 2 aromatic rings. The second kappa shape index (κ2) is 10.3. The maximum atomic E-state index is 3.76. The summed E-state index contributed by atoms with van der Waals surface area (Å²) >= 11 is 7.52. The van der Waals surface area contributed by atoms with Crippen LogP contribution in [0.3, 0.4) is 0 Å². The predicted octanol–water partition coefficient (Wildman–Crippen LogP) is 10.0. The lowest BCUT2D eigenvalue weighted by Crippen LogP contribution is -2.44. The van der Waals surface area contributed by atoms with Crippen LogP contribution in [0.15, 0.2) is 36.4 Å². The maximum Gasteiger partial charge on any atom is 0.0283 e. The molecule has 1 saturated carbocycles. The Kier molecular flexibility index (Phi) is 7.93. The van der Waals surface area contributed by atoms with Crippen molar-refractivity contribution in [1.29, 1.82) is 0 Å². The molecule has 0 saturated heterocycles. The molecular weight excluding hydrogens is 520 g/mol. The minimum Gasteiger partial charge on any atom is -0.0876 e. The van der Waals surface area contributed by atoms with Crippen molar-refractivity contribution in [3.63, 3.8) is 0 Å². The van der Waals surface area contributed by atoms with E-state index in [-0.39, 0.29) is 5.41 Å². The van der Waals surface area contributed by atoms with E-state index < -0.39 is 0 Å². The van der Waals surface area contributed by atoms with Gasteiger partial charge in [0.1, 0.15) is 0 Å². The number of hydrogen-bond acceptors (Lipinski definition) is 0. The van der Waals surface area contributed by atoms with Crippen LogP contribution in [0.4, 0.5) is 0 Å². The van der Waals surface area contributed by atoms with Gasteiger partial charge in [-0.05, 0) is 76.3 Å². The van der Waals surface area contributed by atoms with Crippen LogP contribution >= 0.6 is 31.9 Å². The molecule has 2 heteroatoms. The number of halogens is 2. The third kappa shape index (κ3) is 4.28. The third-order valence-corrected chi connectivity index (χ3v) is 9.85. The van der Waals surface area contributed by atoms with Crippen LogP contribution in [0.5, 0.6) is 0 Å². The summed E-state index contributed by atoms with van der Waals surface area (Å²) in [5.41, 5.74) is 9.27. The van der Waals surface area contributed by atoms with Gasteiger partial charge in [-0.25, -0.2) is 0 Å². The molecule has 0 amide bonds. The van der Waals surface area contributed by atoms with Crippen molar-refractivity contribution in [3.05, 3.63) is 58.7 Å². The highest BCUT2D eigenvalue weighted by Gasteiger charge is 2.52. The molecule has 1 fully saturated rings. The molecule has 3 atom stereocenters. The number of alkyl halides is 2. The summed E-state index contributed by atoms with van der Waals surface area (Å²) in [6, 6.07) is 14.7. The van der Waals surface area contributed by atoms with Crippen LogP contribution in [-0.2, 0) is 16.1 Å². The lowest BCUT2D eigenvalue weighted by molar-refractivity contribution is 0.0826. The molecule has 2 aliphatic carbocycles. The summed E-state index contributed by atoms with van der Waals surface area (Å²) in [5, 5.41) is 1.87. The van der Waals surface area contributed by atoms with E-state index in [1.807, 2.05) is 0 Å². The smallest absolute Gasteiger partial charge is 0.0283 e. The summed E-state index contributed by atoms with van der Waals surface area (Å²) in [4.78, 5) is 0. The Morgan fingerprint density at radius 3 is 2.00 bits per heavy atom. The van der Waals surface area contributed by atoms with Crippen molar-refractivity contribution in [3.8, 4) is 11.1 Å². The molecule has 2 aliphatic rings. The van der Waals surface area contributed by atoms with Crippen LogP contribution in [0.2, 0.25) is 0 Å². The third-order valence-electron chi connectivity index (χ3n) is 8.56. The number of rotatable bonds is 8. The summed E-state index contributed by atoms with van der Waals surface area (Å²) in [6.45, 7) is 9.81. The standard InChI is InChI=1S/C30H40Br2/c1-5-6-7-14-30(27-15-21(4)8-11-24(27)20(2)3)28-16-22(18-31)9-12-25(28)26-13-10-23(19-32)17-29(26)30/h9-10,12-13,16-17,20-21,24,27H,5-8,11,14-15,18-19H2,1-4H3. The molecule has 4 rings (SSSR count). The molecule has 0 heterocycles. The van der Waals surface area contributed by atoms with Gasteiger partial charge in [-0.1, -0.05) is 122 Å². The van der Waals surface area contributed by atoms with E-state index in [0.717, 1.165) is 34.3 Å². The first-order valence-electron chi connectivity index (χ1n) is 12.8. The number of fused-ring (bicyclic) bond motifs is 3. The van der Waals surface area contributed by atoms with Gasteiger partial charge in [0.25, 0.3) is 0 Å². The lowest BCUT2D eigenvalue weighted by atomic mass is 9.54. The van der Waals surface area contributed by atoms with Crippen molar-refractivity contribution >= 4 is 31.9 Å². The normalized spacial score (nSPS) is 23.9. The zero-order chi connectivity index (χ0) is 22.9. The maximum absolute atomic E-state index is 3.76. The molecule has 0 bridgehead atoms. The van der Waals surface area contributed by atoms with Crippen molar-refractivity contribution in [2.45, 2.75) is 88.7 Å². The van der Waals surface area contributed by atoms with Crippen molar-refractivity contribution in [2.75, 3.05) is 0 Å². The van der Waals surface area contributed by atoms with Crippen LogP contribution in [0.1, 0.15) is 94.9 Å². The molecule has 0 spiro atoms. The summed E-state index contributed by atoms with van der Waals surface area (Å²) in [7, 11) is 0. The Labute approximate surface area is 213 Å². The van der Waals surface area contributed by atoms with Gasteiger partial charge in [0, 0.05) is 16.1 Å². The van der Waals surface area contributed by atoms with Crippen LogP contribution in [0, 0.1) is 23.7 Å². The molecule has 2 aromatic carbocycles. The zero-order valence-electron chi connectivity index (χ0n) is 20.4. The molecule has 0 nitrogen and oxygen atoms in total. The van der Waals surface area contributed by atoms with E-state index >= 15 is 0 Å². The minimum absolute atomic E-state index is 0.153. The number of unbranched alkanes of at least 4 members (excludes halogenated alkanes) is 2. The fourth-order valence-corrected chi connectivity index (χ4v) is 7.68. The van der Waals surface area contributed by atoms with Gasteiger partial charge in [0.15, 0.2) is 0 Å². The zero-order valence-corrected chi connectivity index (χ0v) is 23.6. The molecule has 3 unspecified atom stereocenters. The first-order valence-corrected chi connectivity index (χ1v) is 15.1. The second-order valence-corrected chi connectivity index (χ2v) is 12.0. The first-order chi connectivity index (χ1) is 15.5. The molecule has 174 valence electrons. The average Bonchev–Trinajstić information content (AvgIpc) is 3.08. The lowest BCUT2D eigenvalue weighted by Gasteiger charge is -2.49. The topological polar surface area (TPSA) is 0 Å². The quantitative estimate of drug-likeness (QED) is 0.223. The fourth-order valence-electron chi connectivity index (χ4n) is 6.98. The highest BCUT2D eigenvalue weighted by atomic mass is 79.9. The highest BCUT2D eigenvalue weighted by molar-refractivity contribution is 9.08. The summed E-state index contributed by atoms with van der Waals surface area (Å²) in [6.07, 6.45) is 9.38. The number of hydrogen-bond donors (Lipinski definition) is 0. The van der Waals surface area contributed by atoms with Crippen LogP contribution < -0.4 is 0 Å². The van der Waals surface area contributed by atoms with E-state index in [2.05, 4.69) is 96.0 Å². The fraction of sp³-hybridized carbons (Fsp3) is 0.600. The van der Waals surface area contributed by atoms with Gasteiger partial charge in [-0.2, -0.15) is 0 Å². The van der Waals surface area contributed by atoms with Gasteiger partial charge >= 0.3 is 0 Å². The Balaban J connectivity index is 1.99. The van der Waals surface area contributed by atoms with E-state index in [1.54, 1.807) is 11.1 Å². The Morgan fingerprint density at radius 1 is 0.906 bits per heavy atom. The van der Waals surface area contributed by atoms with E-state index in [0.29, 0.717) is 0 Å². The van der Waals surface area contributed by atoms with E-state index in [1.165, 1.54) is 67.2 Å². The summed E-state index contributed by atoms with van der Waals surface area (Å²) in [5.74, 6) is 3.08. The second-order valence-electron chi connectivity index (χ2n) is 10.9. The molecular formula is C30H40Br2. The van der Waals surface area contributed by atoms with Crippen molar-refractivity contribution < 1.29 is 0 Å². The SMILES string of the molecule is CCCCCC1(C2CC(C)CCC2C(C)C)c2cc(CBr)ccc2-c2ccc(CBr)cc21. The molecule has 32 heavy (non-hydrogen) atoms. The Bertz CT molecular complexity index is 875. The minimum atomic E-state index is 0.153. The molecule has 0 N–H and O–H groups in total. The summed E-state index contributed by atoms with van der Waals surface area (Å²) < 4.78 is 0. The first kappa shape index (κ1) is 24.5. The van der Waals surface area contributed by atoms with Crippen molar-refractivity contribution in [2.24, 2.45) is 23.7 Å². The predicted molar refractivity (Wildman–Crippen MR) is 147 cm³/mol. The van der Waals surface area contributed by atoms with Crippen LogP contribution in [0.25, 0.3) is 11.1 Å². The Morgan fingerprint density at radius 2 is 1.50 bits per heavy atom. The van der Waals surface area contributed by atoms with Gasteiger partial charge < -0.3 is 0 Å². The molecule has 0 aliphatic heterocycles. The van der Waals surface area contributed by atoms with E-state index in [4.69, 9.17) is 0 Å². The molecule has 0 radical (unpaired) electrons.